The van der Waals surface area contributed by atoms with Crippen molar-refractivity contribution < 1.29 is 5.21 Å². The van der Waals surface area contributed by atoms with Crippen LogP contribution in [0, 0.1) is 46.3 Å². The molecule has 4 aliphatic rings. The first-order valence-corrected chi connectivity index (χ1v) is 12.7. The number of fused-ring (bicyclic) bond motifs is 5. The molecule has 0 aromatic heterocycles. The highest BCUT2D eigenvalue weighted by Crippen LogP contribution is 2.63. The van der Waals surface area contributed by atoms with Crippen molar-refractivity contribution in [2.45, 2.75) is 105 Å². The van der Waals surface area contributed by atoms with E-state index >= 15 is 0 Å². The number of nitrogens with zero attached hydrogens (tertiary/aromatic N) is 1. The van der Waals surface area contributed by atoms with Crippen molar-refractivity contribution in [1.29, 1.82) is 0 Å². The van der Waals surface area contributed by atoms with Gasteiger partial charge in [-0.1, -0.05) is 64.3 Å². The Labute approximate surface area is 179 Å². The molecule has 0 heterocycles. The van der Waals surface area contributed by atoms with Crippen LogP contribution in [0.25, 0.3) is 0 Å². The van der Waals surface area contributed by atoms with Gasteiger partial charge >= 0.3 is 0 Å². The SMILES string of the molecule is CC1CCC2(C)C(CC=C3C4C(C)CCCC4(C)CCC32)CCC/C(=N/O)C1C. The summed E-state index contributed by atoms with van der Waals surface area (Å²) >= 11 is 0. The maximum Gasteiger partial charge on any atom is 0.0601 e. The van der Waals surface area contributed by atoms with E-state index in [-0.39, 0.29) is 0 Å². The first-order valence-electron chi connectivity index (χ1n) is 12.7. The second-order valence-corrected chi connectivity index (χ2v) is 12.0. The molecule has 164 valence electrons. The van der Waals surface area contributed by atoms with Crippen LogP contribution in [0.2, 0.25) is 0 Å². The molecule has 3 saturated carbocycles. The van der Waals surface area contributed by atoms with Crippen LogP contribution in [0.5, 0.6) is 0 Å². The van der Waals surface area contributed by atoms with Crippen molar-refractivity contribution in [2.75, 3.05) is 0 Å². The lowest BCUT2D eigenvalue weighted by Crippen LogP contribution is -2.50. The topological polar surface area (TPSA) is 32.6 Å². The zero-order valence-electron chi connectivity index (χ0n) is 19.7. The Bertz CT molecular complexity index is 665. The Morgan fingerprint density at radius 2 is 1.72 bits per heavy atom. The highest BCUT2D eigenvalue weighted by Gasteiger charge is 2.54. The van der Waals surface area contributed by atoms with Crippen molar-refractivity contribution in [3.8, 4) is 0 Å². The maximum atomic E-state index is 9.53. The van der Waals surface area contributed by atoms with Gasteiger partial charge in [0.25, 0.3) is 0 Å². The standard InChI is InChI=1S/C27H45NO/c1-18-13-17-27(5)21(9-6-10-24(28-29)20(18)3)11-12-22-23(27)14-16-26(4)15-7-8-19(2)25(22)26/h12,18-21,23,25,29H,6-11,13-17H2,1-5H3/b28-24-. The Kier molecular flexibility index (Phi) is 5.95. The van der Waals surface area contributed by atoms with E-state index in [2.05, 4.69) is 45.9 Å². The molecular formula is C27H45NO. The predicted octanol–water partition coefficient (Wildman–Crippen LogP) is 7.86. The summed E-state index contributed by atoms with van der Waals surface area (Å²) in [6.45, 7) is 12.5. The van der Waals surface area contributed by atoms with Gasteiger partial charge in [-0.3, -0.25) is 0 Å². The van der Waals surface area contributed by atoms with E-state index in [9.17, 15) is 5.21 Å². The molecule has 0 aromatic carbocycles. The number of rotatable bonds is 0. The van der Waals surface area contributed by atoms with Crippen LogP contribution >= 0.6 is 0 Å². The summed E-state index contributed by atoms with van der Waals surface area (Å²) in [7, 11) is 0. The lowest BCUT2D eigenvalue weighted by Gasteiger charge is -2.59. The summed E-state index contributed by atoms with van der Waals surface area (Å²) in [5.74, 6) is 4.34. The van der Waals surface area contributed by atoms with Gasteiger partial charge in [-0.2, -0.15) is 0 Å². The minimum atomic E-state index is 0.409. The average molecular weight is 400 g/mol. The third kappa shape index (κ3) is 3.61. The number of hydrogen-bond donors (Lipinski definition) is 1. The molecule has 29 heavy (non-hydrogen) atoms. The van der Waals surface area contributed by atoms with Crippen molar-refractivity contribution in [3.63, 3.8) is 0 Å². The molecule has 3 fully saturated rings. The van der Waals surface area contributed by atoms with Crippen LogP contribution in [-0.4, -0.2) is 10.9 Å². The summed E-state index contributed by atoms with van der Waals surface area (Å²) in [5, 5.41) is 13.2. The van der Waals surface area contributed by atoms with Gasteiger partial charge in [-0.15, -0.1) is 0 Å². The molecule has 2 nitrogen and oxygen atoms in total. The summed E-state index contributed by atoms with van der Waals surface area (Å²) in [6, 6.07) is 0. The minimum Gasteiger partial charge on any atom is -0.411 e. The van der Waals surface area contributed by atoms with Crippen LogP contribution in [0.3, 0.4) is 0 Å². The molecule has 4 aliphatic carbocycles. The molecule has 0 aromatic rings. The van der Waals surface area contributed by atoms with Gasteiger partial charge in [0.15, 0.2) is 0 Å². The van der Waals surface area contributed by atoms with Crippen LogP contribution < -0.4 is 0 Å². The Morgan fingerprint density at radius 1 is 0.931 bits per heavy atom. The first kappa shape index (κ1) is 21.4. The third-order valence-corrected chi connectivity index (χ3v) is 10.5. The quantitative estimate of drug-likeness (QED) is 0.251. The lowest BCUT2D eigenvalue weighted by atomic mass is 9.46. The first-order chi connectivity index (χ1) is 13.8. The van der Waals surface area contributed by atoms with E-state index in [4.69, 9.17) is 0 Å². The summed E-state index contributed by atoms with van der Waals surface area (Å²) < 4.78 is 0. The highest BCUT2D eigenvalue weighted by molar-refractivity contribution is 5.86. The van der Waals surface area contributed by atoms with Gasteiger partial charge in [0.1, 0.15) is 0 Å². The highest BCUT2D eigenvalue weighted by atomic mass is 16.4. The smallest absolute Gasteiger partial charge is 0.0601 e. The predicted molar refractivity (Wildman–Crippen MR) is 122 cm³/mol. The molecule has 8 atom stereocenters. The molecule has 0 bridgehead atoms. The van der Waals surface area contributed by atoms with E-state index < -0.39 is 0 Å². The van der Waals surface area contributed by atoms with Crippen molar-refractivity contribution in [3.05, 3.63) is 11.6 Å². The zero-order valence-corrected chi connectivity index (χ0v) is 19.7. The van der Waals surface area contributed by atoms with Gasteiger partial charge in [-0.05, 0) is 98.2 Å². The lowest BCUT2D eigenvalue weighted by molar-refractivity contribution is -0.0192. The molecule has 8 unspecified atom stereocenters. The van der Waals surface area contributed by atoms with Crippen LogP contribution in [-0.2, 0) is 0 Å². The molecule has 0 radical (unpaired) electrons. The van der Waals surface area contributed by atoms with Crippen LogP contribution in [0.4, 0.5) is 0 Å². The normalized spacial score (nSPS) is 50.1. The fourth-order valence-electron chi connectivity index (χ4n) is 8.36. The van der Waals surface area contributed by atoms with E-state index in [1.54, 1.807) is 0 Å². The molecule has 2 heteroatoms. The summed E-state index contributed by atoms with van der Waals surface area (Å²) in [4.78, 5) is 0. The second kappa shape index (κ2) is 8.04. The molecule has 0 spiro atoms. The number of allylic oxidation sites excluding steroid dienone is 2. The zero-order chi connectivity index (χ0) is 20.8. The van der Waals surface area contributed by atoms with E-state index in [1.807, 2.05) is 5.57 Å². The van der Waals surface area contributed by atoms with Crippen LogP contribution in [0.1, 0.15) is 105 Å². The molecule has 1 N–H and O–H groups in total. The molecule has 0 saturated heterocycles. The van der Waals surface area contributed by atoms with E-state index in [0.29, 0.717) is 22.7 Å². The molecule has 0 amide bonds. The molecule has 0 aliphatic heterocycles. The number of oxime groups is 1. The third-order valence-electron chi connectivity index (χ3n) is 10.5. The Morgan fingerprint density at radius 3 is 2.48 bits per heavy atom. The summed E-state index contributed by atoms with van der Waals surface area (Å²) in [6.07, 6.45) is 17.3. The van der Waals surface area contributed by atoms with Gasteiger partial charge < -0.3 is 5.21 Å². The monoisotopic (exact) mass is 399 g/mol. The van der Waals surface area contributed by atoms with Gasteiger partial charge in [0, 0.05) is 5.92 Å². The number of hydrogen-bond acceptors (Lipinski definition) is 2. The van der Waals surface area contributed by atoms with Crippen molar-refractivity contribution in [1.82, 2.24) is 0 Å². The maximum absolute atomic E-state index is 9.53. The summed E-state index contributed by atoms with van der Waals surface area (Å²) in [5.41, 5.74) is 3.95. The molecular weight excluding hydrogens is 354 g/mol. The minimum absolute atomic E-state index is 0.409. The van der Waals surface area contributed by atoms with Crippen molar-refractivity contribution in [2.24, 2.45) is 51.5 Å². The van der Waals surface area contributed by atoms with E-state index in [1.165, 1.54) is 64.2 Å². The molecule has 4 rings (SSSR count). The Balaban J connectivity index is 1.64. The fourth-order valence-corrected chi connectivity index (χ4v) is 8.36. The van der Waals surface area contributed by atoms with Crippen molar-refractivity contribution >= 4 is 5.71 Å². The largest absolute Gasteiger partial charge is 0.411 e. The average Bonchev–Trinajstić information content (AvgIpc) is 2.69. The van der Waals surface area contributed by atoms with Gasteiger partial charge in [-0.25, -0.2) is 0 Å². The van der Waals surface area contributed by atoms with Gasteiger partial charge in [0.05, 0.1) is 5.71 Å². The van der Waals surface area contributed by atoms with Crippen LogP contribution in [0.15, 0.2) is 16.8 Å². The van der Waals surface area contributed by atoms with Gasteiger partial charge in [0.2, 0.25) is 0 Å². The second-order valence-electron chi connectivity index (χ2n) is 12.0. The Hall–Kier alpha value is -0.790. The van der Waals surface area contributed by atoms with E-state index in [0.717, 1.165) is 35.8 Å². The fraction of sp³-hybridized carbons (Fsp3) is 0.889.